The predicted octanol–water partition coefficient (Wildman–Crippen LogP) is 4.82. The smallest absolute Gasteiger partial charge is 0.321 e. The topological polar surface area (TPSA) is 50.8 Å². The Bertz CT molecular complexity index is 800. The molecule has 0 bridgehead atoms. The number of hydrogen-bond acceptors (Lipinski definition) is 3. The lowest BCUT2D eigenvalue weighted by Crippen LogP contribution is -2.34. The minimum atomic E-state index is -0.473. The van der Waals surface area contributed by atoms with Gasteiger partial charge in [-0.1, -0.05) is 30.3 Å². The number of ether oxygens (including phenoxy) is 2. The maximum absolute atomic E-state index is 12.4. The Kier molecular flexibility index (Phi) is 4.92. The fraction of sp³-hybridized carbons (Fsp3) is 0.409. The van der Waals surface area contributed by atoms with Gasteiger partial charge in [-0.05, 0) is 43.4 Å². The first kappa shape index (κ1) is 17.7. The van der Waals surface area contributed by atoms with E-state index in [-0.39, 0.29) is 6.03 Å². The summed E-state index contributed by atoms with van der Waals surface area (Å²) in [5.74, 6) is 1.02. The van der Waals surface area contributed by atoms with Crippen molar-refractivity contribution in [3.05, 3.63) is 54.1 Å². The van der Waals surface area contributed by atoms with E-state index in [2.05, 4.69) is 17.4 Å². The fourth-order valence-electron chi connectivity index (χ4n) is 3.77. The lowest BCUT2D eigenvalue weighted by atomic mass is 10.1. The van der Waals surface area contributed by atoms with Crippen LogP contribution in [-0.4, -0.2) is 30.3 Å². The largest absolute Gasteiger partial charge is 0.448 e. The number of anilines is 1. The minimum absolute atomic E-state index is 0.113. The van der Waals surface area contributed by atoms with E-state index in [4.69, 9.17) is 9.47 Å². The zero-order chi connectivity index (χ0) is 18.7. The highest BCUT2D eigenvalue weighted by Crippen LogP contribution is 2.47. The van der Waals surface area contributed by atoms with Crippen LogP contribution in [0.25, 0.3) is 0 Å². The number of amides is 2. The van der Waals surface area contributed by atoms with Crippen LogP contribution in [-0.2, 0) is 6.42 Å². The summed E-state index contributed by atoms with van der Waals surface area (Å²) in [4.78, 5) is 14.2. The summed E-state index contributed by atoms with van der Waals surface area (Å²) in [6.45, 7) is 0.703. The molecule has 0 aromatic heterocycles. The van der Waals surface area contributed by atoms with E-state index in [1.807, 2.05) is 43.4 Å². The molecule has 2 aliphatic rings. The standard InChI is InChI=1S/C22H26N2O3/c1-24(15-7-10-17-8-3-2-4-9-17)21(25)23-18-11-12-19-20(16-18)27-22(26-19)13-5-6-14-22/h2-4,8-9,11-12,16H,5-7,10,13-15H2,1H3,(H,23,25). The van der Waals surface area contributed by atoms with E-state index < -0.39 is 5.79 Å². The van der Waals surface area contributed by atoms with E-state index in [1.54, 1.807) is 4.90 Å². The zero-order valence-corrected chi connectivity index (χ0v) is 15.7. The number of carbonyl (C=O) groups excluding carboxylic acids is 1. The molecular formula is C22H26N2O3. The third-order valence-electron chi connectivity index (χ3n) is 5.30. The molecule has 1 fully saturated rings. The van der Waals surface area contributed by atoms with Crippen molar-refractivity contribution in [2.24, 2.45) is 0 Å². The number of nitrogens with zero attached hydrogens (tertiary/aromatic N) is 1. The third kappa shape index (κ3) is 4.02. The number of nitrogens with one attached hydrogen (secondary N) is 1. The van der Waals surface area contributed by atoms with Crippen LogP contribution in [0.3, 0.4) is 0 Å². The molecule has 5 nitrogen and oxygen atoms in total. The van der Waals surface area contributed by atoms with Gasteiger partial charge in [-0.25, -0.2) is 4.79 Å². The fourth-order valence-corrected chi connectivity index (χ4v) is 3.77. The first-order chi connectivity index (χ1) is 13.1. The van der Waals surface area contributed by atoms with E-state index in [0.717, 1.165) is 55.7 Å². The third-order valence-corrected chi connectivity index (χ3v) is 5.30. The SMILES string of the molecule is CN(CCCc1ccccc1)C(=O)Nc1ccc2c(c1)OC1(CCCC1)O2. The average molecular weight is 366 g/mol. The van der Waals surface area contributed by atoms with Crippen molar-refractivity contribution >= 4 is 11.7 Å². The Morgan fingerprint density at radius 3 is 2.59 bits per heavy atom. The molecule has 4 rings (SSSR count). The second kappa shape index (κ2) is 7.51. The molecule has 0 atom stereocenters. The van der Waals surface area contributed by atoms with E-state index in [1.165, 1.54) is 5.56 Å². The summed E-state index contributed by atoms with van der Waals surface area (Å²) in [7, 11) is 1.82. The molecule has 2 amide bonds. The summed E-state index contributed by atoms with van der Waals surface area (Å²) < 4.78 is 12.1. The minimum Gasteiger partial charge on any atom is -0.448 e. The number of hydrogen-bond donors (Lipinski definition) is 1. The van der Waals surface area contributed by atoms with Crippen molar-refractivity contribution < 1.29 is 14.3 Å². The maximum atomic E-state index is 12.4. The second-order valence-corrected chi connectivity index (χ2v) is 7.42. The number of fused-ring (bicyclic) bond motifs is 1. The molecule has 5 heteroatoms. The molecular weight excluding hydrogens is 340 g/mol. The molecule has 1 spiro atoms. The molecule has 1 aliphatic heterocycles. The summed E-state index contributed by atoms with van der Waals surface area (Å²) in [5.41, 5.74) is 2.02. The van der Waals surface area contributed by atoms with Crippen LogP contribution < -0.4 is 14.8 Å². The van der Waals surface area contributed by atoms with Gasteiger partial charge in [0.2, 0.25) is 0 Å². The van der Waals surface area contributed by atoms with Crippen LogP contribution >= 0.6 is 0 Å². The summed E-state index contributed by atoms with van der Waals surface area (Å²) in [5, 5.41) is 2.95. The van der Waals surface area contributed by atoms with Crippen LogP contribution in [0, 0.1) is 0 Å². The maximum Gasteiger partial charge on any atom is 0.321 e. The highest BCUT2D eigenvalue weighted by molar-refractivity contribution is 5.89. The highest BCUT2D eigenvalue weighted by Gasteiger charge is 2.44. The molecule has 0 unspecified atom stereocenters. The van der Waals surface area contributed by atoms with Gasteiger partial charge < -0.3 is 19.7 Å². The second-order valence-electron chi connectivity index (χ2n) is 7.42. The molecule has 1 aliphatic carbocycles. The normalized spacial score (nSPS) is 16.5. The molecule has 0 saturated heterocycles. The predicted molar refractivity (Wildman–Crippen MR) is 105 cm³/mol. The van der Waals surface area contributed by atoms with E-state index >= 15 is 0 Å². The summed E-state index contributed by atoms with van der Waals surface area (Å²) >= 11 is 0. The molecule has 2 aromatic carbocycles. The van der Waals surface area contributed by atoms with Gasteiger partial charge in [-0.3, -0.25) is 0 Å². The number of rotatable bonds is 5. The lowest BCUT2D eigenvalue weighted by molar-refractivity contribution is -0.0716. The van der Waals surface area contributed by atoms with Crippen molar-refractivity contribution in [1.29, 1.82) is 0 Å². The van der Waals surface area contributed by atoms with Crippen LogP contribution in [0.2, 0.25) is 0 Å². The first-order valence-corrected chi connectivity index (χ1v) is 9.72. The van der Waals surface area contributed by atoms with Gasteiger partial charge in [0, 0.05) is 38.2 Å². The number of benzene rings is 2. The van der Waals surface area contributed by atoms with Gasteiger partial charge in [0.25, 0.3) is 5.79 Å². The Morgan fingerprint density at radius 1 is 1.07 bits per heavy atom. The Hall–Kier alpha value is -2.69. The zero-order valence-electron chi connectivity index (χ0n) is 15.7. The van der Waals surface area contributed by atoms with Crippen LogP contribution in [0.4, 0.5) is 10.5 Å². The lowest BCUT2D eigenvalue weighted by Gasteiger charge is -2.21. The van der Waals surface area contributed by atoms with Crippen LogP contribution in [0.1, 0.15) is 37.7 Å². The number of aryl methyl sites for hydroxylation is 1. The average Bonchev–Trinajstić information content (AvgIpc) is 3.28. The Labute approximate surface area is 160 Å². The summed E-state index contributed by atoms with van der Waals surface area (Å²) in [6, 6.07) is 15.8. The van der Waals surface area contributed by atoms with Gasteiger partial charge in [0.1, 0.15) is 0 Å². The Balaban J connectivity index is 1.29. The monoisotopic (exact) mass is 366 g/mol. The molecule has 1 saturated carbocycles. The van der Waals surface area contributed by atoms with Gasteiger partial charge in [-0.15, -0.1) is 0 Å². The van der Waals surface area contributed by atoms with E-state index in [9.17, 15) is 4.79 Å². The molecule has 142 valence electrons. The van der Waals surface area contributed by atoms with Crippen molar-refractivity contribution in [2.45, 2.75) is 44.3 Å². The van der Waals surface area contributed by atoms with Gasteiger partial charge in [0.15, 0.2) is 11.5 Å². The van der Waals surface area contributed by atoms with Crippen molar-refractivity contribution in [3.63, 3.8) is 0 Å². The molecule has 1 N–H and O–H groups in total. The molecule has 2 aromatic rings. The molecule has 0 radical (unpaired) electrons. The summed E-state index contributed by atoms with van der Waals surface area (Å²) in [6.07, 6.45) is 6.00. The Morgan fingerprint density at radius 2 is 1.81 bits per heavy atom. The molecule has 1 heterocycles. The number of carbonyl (C=O) groups is 1. The van der Waals surface area contributed by atoms with E-state index in [0.29, 0.717) is 6.54 Å². The van der Waals surface area contributed by atoms with Crippen molar-refractivity contribution in [2.75, 3.05) is 18.9 Å². The quantitative estimate of drug-likeness (QED) is 0.825. The van der Waals surface area contributed by atoms with Gasteiger partial charge in [0.05, 0.1) is 0 Å². The van der Waals surface area contributed by atoms with Gasteiger partial charge in [-0.2, -0.15) is 0 Å². The highest BCUT2D eigenvalue weighted by atomic mass is 16.7. The molecule has 27 heavy (non-hydrogen) atoms. The van der Waals surface area contributed by atoms with Gasteiger partial charge >= 0.3 is 6.03 Å². The van der Waals surface area contributed by atoms with Crippen LogP contribution in [0.15, 0.2) is 48.5 Å². The first-order valence-electron chi connectivity index (χ1n) is 9.72. The van der Waals surface area contributed by atoms with Crippen molar-refractivity contribution in [3.8, 4) is 11.5 Å². The number of urea groups is 1. The van der Waals surface area contributed by atoms with Crippen LogP contribution in [0.5, 0.6) is 11.5 Å². The van der Waals surface area contributed by atoms with Crippen molar-refractivity contribution in [1.82, 2.24) is 4.90 Å².